The van der Waals surface area contributed by atoms with Gasteiger partial charge in [0.05, 0.1) is 19.1 Å². The second-order valence-electron chi connectivity index (χ2n) is 9.01. The number of benzene rings is 1. The number of carbonyl (C=O) groups is 1. The van der Waals surface area contributed by atoms with Crippen molar-refractivity contribution >= 4 is 16.8 Å². The van der Waals surface area contributed by atoms with Gasteiger partial charge >= 0.3 is 0 Å². The van der Waals surface area contributed by atoms with Crippen molar-refractivity contribution in [2.24, 2.45) is 11.8 Å². The van der Waals surface area contributed by atoms with Crippen LogP contribution in [-0.2, 0) is 16.0 Å². The topological polar surface area (TPSA) is 87.1 Å². The van der Waals surface area contributed by atoms with E-state index in [-0.39, 0.29) is 29.6 Å². The number of ether oxygens (including phenoxy) is 2. The number of carbonyl (C=O) groups excluding carboxylic acids is 1. The van der Waals surface area contributed by atoms with Gasteiger partial charge in [-0.3, -0.25) is 4.79 Å². The molecule has 1 aromatic carbocycles. The van der Waals surface area contributed by atoms with Crippen molar-refractivity contribution in [2.75, 3.05) is 13.7 Å². The molecule has 182 valence electrons. The number of amides is 1. The Bertz CT molecular complexity index is 1120. The van der Waals surface area contributed by atoms with Crippen molar-refractivity contribution in [3.05, 3.63) is 53.4 Å². The number of allylic oxidation sites excluding steroid dienone is 3. The zero-order chi connectivity index (χ0) is 24.9. The highest BCUT2D eigenvalue weighted by Crippen LogP contribution is 2.36. The third-order valence-electron chi connectivity index (χ3n) is 5.82. The maximum Gasteiger partial charge on any atom is 0.268 e. The van der Waals surface area contributed by atoms with Crippen LogP contribution in [0.25, 0.3) is 10.9 Å². The quantitative estimate of drug-likeness (QED) is 0.494. The van der Waals surface area contributed by atoms with Crippen LogP contribution in [0.4, 0.5) is 8.78 Å². The summed E-state index contributed by atoms with van der Waals surface area (Å²) in [6, 6.07) is 7.69. The number of aromatic nitrogens is 1. The van der Waals surface area contributed by atoms with Crippen molar-refractivity contribution in [2.45, 2.75) is 52.1 Å². The molecule has 34 heavy (non-hydrogen) atoms. The minimum atomic E-state index is -3.14. The SMILES string of the molecule is COc1ccc2[nH]cc(CCNC(=O)C(CC(C)C)OC3=CCC(C#N)C(C(C)(F)F)=C3)c2c1. The highest BCUT2D eigenvalue weighted by atomic mass is 19.3. The van der Waals surface area contributed by atoms with Gasteiger partial charge in [-0.2, -0.15) is 5.26 Å². The fourth-order valence-corrected chi connectivity index (χ4v) is 4.04. The summed E-state index contributed by atoms with van der Waals surface area (Å²) in [5.41, 5.74) is 1.75. The number of nitrogens with zero attached hydrogens (tertiary/aromatic N) is 1. The number of H-pyrrole nitrogens is 1. The molecule has 3 rings (SSSR count). The van der Waals surface area contributed by atoms with Crippen molar-refractivity contribution < 1.29 is 23.0 Å². The number of fused-ring (bicyclic) bond motifs is 1. The molecule has 8 heteroatoms. The molecule has 0 saturated heterocycles. The number of methoxy groups -OCH3 is 1. The molecular weight excluding hydrogens is 440 g/mol. The van der Waals surface area contributed by atoms with E-state index in [1.54, 1.807) is 13.2 Å². The van der Waals surface area contributed by atoms with Crippen LogP contribution in [0.5, 0.6) is 5.75 Å². The van der Waals surface area contributed by atoms with Crippen LogP contribution in [0.15, 0.2) is 47.9 Å². The van der Waals surface area contributed by atoms with Crippen molar-refractivity contribution in [1.29, 1.82) is 5.26 Å². The highest BCUT2D eigenvalue weighted by molar-refractivity contribution is 5.85. The summed E-state index contributed by atoms with van der Waals surface area (Å²) in [7, 11) is 1.62. The summed E-state index contributed by atoms with van der Waals surface area (Å²) in [6.07, 6.45) is 5.05. The second-order valence-corrected chi connectivity index (χ2v) is 9.01. The van der Waals surface area contributed by atoms with Gasteiger partial charge in [0.2, 0.25) is 0 Å². The first-order valence-electron chi connectivity index (χ1n) is 11.4. The maximum absolute atomic E-state index is 14.0. The molecule has 0 aliphatic heterocycles. The summed E-state index contributed by atoms with van der Waals surface area (Å²) >= 11 is 0. The van der Waals surface area contributed by atoms with Crippen molar-refractivity contribution in [3.63, 3.8) is 0 Å². The van der Waals surface area contributed by atoms with Crippen molar-refractivity contribution in [1.82, 2.24) is 10.3 Å². The molecule has 6 nitrogen and oxygen atoms in total. The Kier molecular flexibility index (Phi) is 7.98. The van der Waals surface area contributed by atoms with Gasteiger partial charge in [-0.1, -0.05) is 13.8 Å². The Balaban J connectivity index is 1.66. The predicted octanol–water partition coefficient (Wildman–Crippen LogP) is 5.28. The van der Waals surface area contributed by atoms with Gasteiger partial charge in [0, 0.05) is 36.1 Å². The smallest absolute Gasteiger partial charge is 0.268 e. The molecule has 1 aliphatic carbocycles. The number of nitriles is 1. The Hall–Kier alpha value is -3.34. The van der Waals surface area contributed by atoms with Gasteiger partial charge in [-0.15, -0.1) is 0 Å². The van der Waals surface area contributed by atoms with E-state index in [1.165, 1.54) is 6.08 Å². The van der Waals surface area contributed by atoms with E-state index in [0.29, 0.717) is 19.4 Å². The predicted molar refractivity (Wildman–Crippen MR) is 126 cm³/mol. The van der Waals surface area contributed by atoms with Crippen LogP contribution in [0.2, 0.25) is 0 Å². The molecule has 0 saturated carbocycles. The van der Waals surface area contributed by atoms with E-state index < -0.39 is 17.9 Å². The first kappa shape index (κ1) is 25.3. The number of rotatable bonds is 10. The maximum atomic E-state index is 14.0. The van der Waals surface area contributed by atoms with E-state index in [9.17, 15) is 18.8 Å². The molecule has 1 heterocycles. The van der Waals surface area contributed by atoms with Crippen LogP contribution < -0.4 is 10.1 Å². The minimum Gasteiger partial charge on any atom is -0.497 e. The Morgan fingerprint density at radius 2 is 2.15 bits per heavy atom. The number of nitrogens with one attached hydrogen (secondary N) is 2. The number of hydrogen-bond donors (Lipinski definition) is 2. The Labute approximate surface area is 198 Å². The summed E-state index contributed by atoms with van der Waals surface area (Å²) in [5, 5.41) is 13.1. The number of aromatic amines is 1. The van der Waals surface area contributed by atoms with Gasteiger partial charge in [0.15, 0.2) is 6.10 Å². The van der Waals surface area contributed by atoms with Crippen LogP contribution in [0.1, 0.15) is 39.2 Å². The number of alkyl halides is 2. The van der Waals surface area contributed by atoms with Gasteiger partial charge in [0.25, 0.3) is 11.8 Å². The molecule has 1 aliphatic rings. The third kappa shape index (κ3) is 6.16. The van der Waals surface area contributed by atoms with E-state index >= 15 is 0 Å². The fraction of sp³-hybridized carbons (Fsp3) is 0.462. The van der Waals surface area contributed by atoms with Gasteiger partial charge in [-0.25, -0.2) is 8.78 Å². The van der Waals surface area contributed by atoms with Crippen LogP contribution >= 0.6 is 0 Å². The third-order valence-corrected chi connectivity index (χ3v) is 5.82. The lowest BCUT2D eigenvalue weighted by molar-refractivity contribution is -0.131. The zero-order valence-electron chi connectivity index (χ0n) is 20.0. The van der Waals surface area contributed by atoms with Crippen LogP contribution in [-0.4, -0.2) is 36.6 Å². The average Bonchev–Trinajstić information content (AvgIpc) is 3.19. The summed E-state index contributed by atoms with van der Waals surface area (Å²) in [5.74, 6) is -3.22. The Morgan fingerprint density at radius 1 is 1.38 bits per heavy atom. The Morgan fingerprint density at radius 3 is 2.79 bits per heavy atom. The standard InChI is InChI=1S/C26H31F2N3O3/c1-16(2)11-24(34-20-6-5-17(14-29)22(13-20)26(3,27)28)25(32)30-10-9-18-15-31-23-8-7-19(33-4)12-21(18)23/h6-8,12-13,15-17,24,31H,5,9-11H2,1-4H3,(H,30,32). The lowest BCUT2D eigenvalue weighted by Gasteiger charge is -2.26. The number of hydrogen-bond acceptors (Lipinski definition) is 4. The zero-order valence-corrected chi connectivity index (χ0v) is 20.0. The summed E-state index contributed by atoms with van der Waals surface area (Å²) in [4.78, 5) is 16.1. The van der Waals surface area contributed by atoms with E-state index in [4.69, 9.17) is 9.47 Å². The highest BCUT2D eigenvalue weighted by Gasteiger charge is 2.36. The van der Waals surface area contributed by atoms with Crippen molar-refractivity contribution in [3.8, 4) is 11.8 Å². The largest absolute Gasteiger partial charge is 0.497 e. The van der Waals surface area contributed by atoms with Crippen LogP contribution in [0, 0.1) is 23.2 Å². The molecule has 0 bridgehead atoms. The molecule has 0 spiro atoms. The molecule has 2 aromatic rings. The van der Waals surface area contributed by atoms with E-state index in [1.807, 2.05) is 44.3 Å². The molecule has 0 fully saturated rings. The minimum absolute atomic E-state index is 0.126. The molecule has 1 amide bonds. The monoisotopic (exact) mass is 471 g/mol. The molecular formula is C26H31F2N3O3. The molecule has 2 N–H and O–H groups in total. The van der Waals surface area contributed by atoms with Crippen LogP contribution in [0.3, 0.4) is 0 Å². The summed E-state index contributed by atoms with van der Waals surface area (Å²) < 4.78 is 39.2. The second kappa shape index (κ2) is 10.7. The molecule has 1 aromatic heterocycles. The normalized spacial score (nSPS) is 17.1. The molecule has 0 radical (unpaired) electrons. The van der Waals surface area contributed by atoms with Gasteiger partial charge in [0.1, 0.15) is 11.5 Å². The molecule has 2 unspecified atom stereocenters. The average molecular weight is 472 g/mol. The first-order chi connectivity index (χ1) is 16.1. The lowest BCUT2D eigenvalue weighted by atomic mass is 9.88. The van der Waals surface area contributed by atoms with Gasteiger partial charge in [-0.05, 0) is 61.1 Å². The lowest BCUT2D eigenvalue weighted by Crippen LogP contribution is -2.38. The fourth-order valence-electron chi connectivity index (χ4n) is 4.04. The number of halogens is 2. The molecule has 2 atom stereocenters. The van der Waals surface area contributed by atoms with Gasteiger partial charge < -0.3 is 19.8 Å². The van der Waals surface area contributed by atoms with E-state index in [2.05, 4.69) is 10.3 Å². The van der Waals surface area contributed by atoms with E-state index in [0.717, 1.165) is 29.1 Å². The first-order valence-corrected chi connectivity index (χ1v) is 11.4. The summed E-state index contributed by atoms with van der Waals surface area (Å²) in [6.45, 7) is 5.09.